The number of likely N-dealkylation sites (tertiary alicyclic amines) is 1. The minimum Gasteiger partial charge on any atom is -0.332 e. The lowest BCUT2D eigenvalue weighted by Gasteiger charge is -2.21. The van der Waals surface area contributed by atoms with Crippen molar-refractivity contribution in [2.45, 2.75) is 19.3 Å². The molecule has 50 valence electrons. The van der Waals surface area contributed by atoms with Crippen molar-refractivity contribution in [3.8, 4) is 11.4 Å². The van der Waals surface area contributed by atoms with Crippen LogP contribution >= 0.6 is 11.6 Å². The van der Waals surface area contributed by atoms with Gasteiger partial charge in [-0.2, -0.15) is 0 Å². The highest BCUT2D eigenvalue weighted by Crippen LogP contribution is 2.06. The summed E-state index contributed by atoms with van der Waals surface area (Å²) < 4.78 is 0. The first kappa shape index (κ1) is 6.77. The summed E-state index contributed by atoms with van der Waals surface area (Å²) in [5.74, 6) is 0. The Balaban J connectivity index is 2.28. The summed E-state index contributed by atoms with van der Waals surface area (Å²) in [6.07, 6.45) is 3.89. The van der Waals surface area contributed by atoms with Crippen LogP contribution in [0.2, 0.25) is 0 Å². The molecule has 0 unspecified atom stereocenters. The lowest BCUT2D eigenvalue weighted by molar-refractivity contribution is 0.327. The van der Waals surface area contributed by atoms with Crippen molar-refractivity contribution in [3.63, 3.8) is 0 Å². The Hall–Kier alpha value is -0.350. The van der Waals surface area contributed by atoms with Crippen molar-refractivity contribution in [1.82, 2.24) is 4.90 Å². The molecule has 2 heteroatoms. The van der Waals surface area contributed by atoms with Crippen molar-refractivity contribution in [3.05, 3.63) is 0 Å². The monoisotopic (exact) mass is 143 g/mol. The first-order valence-corrected chi connectivity index (χ1v) is 3.67. The average Bonchev–Trinajstić information content (AvgIpc) is 1.91. The highest BCUT2D eigenvalue weighted by Gasteiger charge is 2.04. The largest absolute Gasteiger partial charge is 0.332 e. The zero-order chi connectivity index (χ0) is 6.53. The van der Waals surface area contributed by atoms with E-state index in [2.05, 4.69) is 16.3 Å². The van der Waals surface area contributed by atoms with Gasteiger partial charge in [0.1, 0.15) is 0 Å². The molecule has 1 heterocycles. The molecule has 0 spiro atoms. The molecule has 0 amide bonds. The molecule has 0 aliphatic carbocycles. The van der Waals surface area contributed by atoms with Crippen LogP contribution in [-0.4, -0.2) is 18.0 Å². The molecule has 1 aliphatic heterocycles. The maximum Gasteiger partial charge on any atom is 0.0273 e. The van der Waals surface area contributed by atoms with E-state index in [-0.39, 0.29) is 0 Å². The Bertz CT molecular complexity index is 128. The van der Waals surface area contributed by atoms with Crippen LogP contribution in [0.3, 0.4) is 0 Å². The predicted molar refractivity (Wildman–Crippen MR) is 39.1 cm³/mol. The third-order valence-electron chi connectivity index (χ3n) is 1.56. The molecule has 0 aromatic heterocycles. The smallest absolute Gasteiger partial charge is 0.0273 e. The number of hydrogen-bond acceptors (Lipinski definition) is 1. The number of hydrogen-bond donors (Lipinski definition) is 0. The van der Waals surface area contributed by atoms with Gasteiger partial charge in [0.05, 0.1) is 0 Å². The number of nitrogens with zero attached hydrogens (tertiary/aromatic N) is 1. The van der Waals surface area contributed by atoms with Gasteiger partial charge in [-0.05, 0) is 30.9 Å². The second-order valence-electron chi connectivity index (χ2n) is 2.25. The van der Waals surface area contributed by atoms with Gasteiger partial charge in [0.15, 0.2) is 0 Å². The summed E-state index contributed by atoms with van der Waals surface area (Å²) in [7, 11) is 0. The second-order valence-corrected chi connectivity index (χ2v) is 2.44. The van der Waals surface area contributed by atoms with Crippen LogP contribution in [0.5, 0.6) is 0 Å². The molecule has 1 fully saturated rings. The molecule has 0 radical (unpaired) electrons. The van der Waals surface area contributed by atoms with E-state index in [1.165, 1.54) is 19.3 Å². The van der Waals surface area contributed by atoms with Crippen LogP contribution in [0, 0.1) is 11.4 Å². The molecule has 0 aromatic carbocycles. The molecular formula is C7H10ClN. The van der Waals surface area contributed by atoms with Gasteiger partial charge >= 0.3 is 0 Å². The number of piperidine rings is 1. The lowest BCUT2D eigenvalue weighted by Crippen LogP contribution is -2.24. The summed E-state index contributed by atoms with van der Waals surface area (Å²) in [5.41, 5.74) is 0. The number of halogens is 1. The van der Waals surface area contributed by atoms with Gasteiger partial charge in [0, 0.05) is 24.5 Å². The lowest BCUT2D eigenvalue weighted by atomic mass is 10.1. The second kappa shape index (κ2) is 3.63. The highest BCUT2D eigenvalue weighted by atomic mass is 35.5. The van der Waals surface area contributed by atoms with Gasteiger partial charge in [0.25, 0.3) is 0 Å². The summed E-state index contributed by atoms with van der Waals surface area (Å²) in [4.78, 5) is 2.08. The first-order valence-electron chi connectivity index (χ1n) is 3.30. The minimum absolute atomic E-state index is 1.10. The molecular weight excluding hydrogens is 134 g/mol. The summed E-state index contributed by atoms with van der Waals surface area (Å²) in [6, 6.07) is 2.83. The third-order valence-corrected chi connectivity index (χ3v) is 1.64. The molecule has 1 rings (SSSR count). The topological polar surface area (TPSA) is 3.24 Å². The van der Waals surface area contributed by atoms with Crippen LogP contribution < -0.4 is 0 Å². The van der Waals surface area contributed by atoms with Gasteiger partial charge < -0.3 is 4.90 Å². The van der Waals surface area contributed by atoms with E-state index in [4.69, 9.17) is 11.6 Å². The van der Waals surface area contributed by atoms with E-state index >= 15 is 0 Å². The fourth-order valence-electron chi connectivity index (χ4n) is 1.07. The van der Waals surface area contributed by atoms with Crippen LogP contribution in [0.15, 0.2) is 0 Å². The maximum absolute atomic E-state index is 5.23. The summed E-state index contributed by atoms with van der Waals surface area (Å²) >= 11 is 5.23. The van der Waals surface area contributed by atoms with E-state index in [9.17, 15) is 0 Å². The third kappa shape index (κ3) is 2.15. The van der Waals surface area contributed by atoms with Crippen LogP contribution in [-0.2, 0) is 0 Å². The van der Waals surface area contributed by atoms with Gasteiger partial charge in [-0.15, -0.1) is 0 Å². The first-order chi connectivity index (χ1) is 4.43. The van der Waals surface area contributed by atoms with E-state index in [0.717, 1.165) is 13.1 Å². The molecule has 0 bridgehead atoms. The fourth-order valence-corrected chi connectivity index (χ4v) is 1.18. The molecule has 1 nitrogen and oxygen atoms in total. The molecule has 0 atom stereocenters. The van der Waals surface area contributed by atoms with Gasteiger partial charge in [-0.1, -0.05) is 0 Å². The number of rotatable bonds is 0. The van der Waals surface area contributed by atoms with Crippen LogP contribution in [0.1, 0.15) is 19.3 Å². The Kier molecular flexibility index (Phi) is 2.73. The van der Waals surface area contributed by atoms with E-state index < -0.39 is 0 Å². The van der Waals surface area contributed by atoms with E-state index in [1.807, 2.05) is 0 Å². The SMILES string of the molecule is ClC#CN1CCCCC1. The van der Waals surface area contributed by atoms with Crippen molar-refractivity contribution in [1.29, 1.82) is 0 Å². The van der Waals surface area contributed by atoms with Crippen molar-refractivity contribution < 1.29 is 0 Å². The Labute approximate surface area is 61.0 Å². The molecule has 9 heavy (non-hydrogen) atoms. The van der Waals surface area contributed by atoms with E-state index in [1.54, 1.807) is 0 Å². The zero-order valence-electron chi connectivity index (χ0n) is 5.36. The summed E-state index contributed by atoms with van der Waals surface area (Å²) in [5, 5.41) is 2.39. The van der Waals surface area contributed by atoms with Gasteiger partial charge in [-0.3, -0.25) is 0 Å². The van der Waals surface area contributed by atoms with E-state index in [0.29, 0.717) is 0 Å². The quantitative estimate of drug-likeness (QED) is 0.466. The van der Waals surface area contributed by atoms with Crippen LogP contribution in [0.4, 0.5) is 0 Å². The maximum atomic E-state index is 5.23. The zero-order valence-corrected chi connectivity index (χ0v) is 6.12. The highest BCUT2D eigenvalue weighted by molar-refractivity contribution is 6.30. The van der Waals surface area contributed by atoms with Gasteiger partial charge in [-0.25, -0.2) is 0 Å². The van der Waals surface area contributed by atoms with Gasteiger partial charge in [0.2, 0.25) is 0 Å². The van der Waals surface area contributed by atoms with Crippen molar-refractivity contribution >= 4 is 11.6 Å². The average molecular weight is 144 g/mol. The Morgan fingerprint density at radius 1 is 1.11 bits per heavy atom. The standard InChI is InChI=1S/C7H10ClN/c8-4-7-9-5-2-1-3-6-9/h1-3,5-6H2. The summed E-state index contributed by atoms with van der Waals surface area (Å²) in [6.45, 7) is 2.19. The minimum atomic E-state index is 1.10. The predicted octanol–water partition coefficient (Wildman–Crippen LogP) is 1.63. The van der Waals surface area contributed by atoms with Crippen LogP contribution in [0.25, 0.3) is 0 Å². The van der Waals surface area contributed by atoms with Crippen molar-refractivity contribution in [2.24, 2.45) is 0 Å². The Morgan fingerprint density at radius 2 is 1.78 bits per heavy atom. The normalized spacial score (nSPS) is 18.6. The molecule has 1 aliphatic rings. The van der Waals surface area contributed by atoms with Crippen molar-refractivity contribution in [2.75, 3.05) is 13.1 Å². The molecule has 0 saturated carbocycles. The molecule has 0 aromatic rings. The molecule has 1 saturated heterocycles. The Morgan fingerprint density at radius 3 is 2.33 bits per heavy atom. The fraction of sp³-hybridized carbons (Fsp3) is 0.714. The molecule has 0 N–H and O–H groups in total.